The zero-order valence-corrected chi connectivity index (χ0v) is 16.9. The lowest BCUT2D eigenvalue weighted by atomic mass is 9.96. The molecule has 4 atom stereocenters. The van der Waals surface area contributed by atoms with Crippen LogP contribution < -0.4 is 0 Å². The molecule has 1 fully saturated rings. The second-order valence-corrected chi connectivity index (χ2v) is 13.7. The Morgan fingerprint density at radius 3 is 2.83 bits per heavy atom. The van der Waals surface area contributed by atoms with Crippen molar-refractivity contribution in [3.05, 3.63) is 36.0 Å². The van der Waals surface area contributed by atoms with Crippen molar-refractivity contribution in [2.45, 2.75) is 58.2 Å². The fourth-order valence-corrected chi connectivity index (χ4v) is 4.27. The van der Waals surface area contributed by atoms with E-state index in [0.717, 1.165) is 12.0 Å². The molecular weight excluding hydrogens is 312 g/mol. The van der Waals surface area contributed by atoms with Crippen molar-refractivity contribution in [2.75, 3.05) is 13.2 Å². The van der Waals surface area contributed by atoms with Gasteiger partial charge in [-0.25, -0.2) is 0 Å². The molecule has 132 valence electrons. The molecule has 1 aliphatic heterocycles. The van der Waals surface area contributed by atoms with E-state index < -0.39 is 8.07 Å². The molecule has 0 N–H and O–H groups in total. The van der Waals surface area contributed by atoms with Crippen LogP contribution in [0.4, 0.5) is 0 Å². The van der Waals surface area contributed by atoms with Crippen LogP contribution in [0.5, 0.6) is 0 Å². The van der Waals surface area contributed by atoms with Crippen molar-refractivity contribution in [3.8, 4) is 11.8 Å². The smallest absolute Gasteiger partial charge is 0.108 e. The zero-order valence-electron chi connectivity index (χ0n) is 15.9. The van der Waals surface area contributed by atoms with Gasteiger partial charge in [0.25, 0.3) is 0 Å². The van der Waals surface area contributed by atoms with Gasteiger partial charge >= 0.3 is 0 Å². The molecule has 1 unspecified atom stereocenters. The molecule has 2 rings (SSSR count). The van der Waals surface area contributed by atoms with Gasteiger partial charge in [-0.2, -0.15) is 0 Å². The van der Waals surface area contributed by atoms with E-state index in [-0.39, 0.29) is 12.2 Å². The van der Waals surface area contributed by atoms with Crippen LogP contribution in [-0.2, 0) is 9.47 Å². The lowest BCUT2D eigenvalue weighted by Crippen LogP contribution is -2.36. The van der Waals surface area contributed by atoms with E-state index in [2.05, 4.69) is 63.2 Å². The van der Waals surface area contributed by atoms with E-state index in [9.17, 15) is 0 Å². The summed E-state index contributed by atoms with van der Waals surface area (Å²) in [6.07, 6.45) is 8.46. The van der Waals surface area contributed by atoms with E-state index >= 15 is 0 Å². The third-order valence-corrected chi connectivity index (χ3v) is 6.21. The maximum Gasteiger partial charge on any atom is 0.108 e. The fraction of sp³-hybridized carbons (Fsp3) is 0.619. The van der Waals surface area contributed by atoms with Gasteiger partial charge in [0.1, 0.15) is 6.61 Å². The fourth-order valence-electron chi connectivity index (χ4n) is 3.42. The van der Waals surface area contributed by atoms with Crippen LogP contribution in [-0.4, -0.2) is 33.5 Å². The van der Waals surface area contributed by atoms with E-state index in [1.165, 1.54) is 11.6 Å². The third kappa shape index (κ3) is 5.21. The van der Waals surface area contributed by atoms with Crippen LogP contribution in [0.1, 0.15) is 20.3 Å². The van der Waals surface area contributed by atoms with Crippen LogP contribution >= 0.6 is 0 Å². The van der Waals surface area contributed by atoms with Crippen LogP contribution in [0.15, 0.2) is 36.0 Å². The highest BCUT2D eigenvalue weighted by Crippen LogP contribution is 2.41. The number of ether oxygens (including phenoxy) is 2. The van der Waals surface area contributed by atoms with Gasteiger partial charge in [0.15, 0.2) is 0 Å². The van der Waals surface area contributed by atoms with Crippen LogP contribution in [0.2, 0.25) is 25.7 Å². The largest absolute Gasteiger partial charge is 0.370 e. The summed E-state index contributed by atoms with van der Waals surface area (Å²) in [7, 11) is -1.05. The molecule has 0 amide bonds. The molecule has 1 aliphatic carbocycles. The summed E-state index contributed by atoms with van der Waals surface area (Å²) >= 11 is 0. The second kappa shape index (κ2) is 8.34. The lowest BCUT2D eigenvalue weighted by molar-refractivity contribution is -0.0640. The molecule has 0 aromatic rings. The van der Waals surface area contributed by atoms with E-state index in [1.54, 1.807) is 0 Å². The molecule has 0 aromatic carbocycles. The van der Waals surface area contributed by atoms with Gasteiger partial charge in [-0.05, 0) is 31.9 Å². The van der Waals surface area contributed by atoms with E-state index in [4.69, 9.17) is 9.47 Å². The van der Waals surface area contributed by atoms with Crippen LogP contribution in [0, 0.1) is 23.7 Å². The Hall–Kier alpha value is -1.08. The maximum atomic E-state index is 6.17. The van der Waals surface area contributed by atoms with Gasteiger partial charge in [0.05, 0.1) is 18.8 Å². The molecule has 2 nitrogen and oxygen atoms in total. The minimum absolute atomic E-state index is 0.108. The monoisotopic (exact) mass is 344 g/mol. The number of hydrogen-bond donors (Lipinski definition) is 0. The van der Waals surface area contributed by atoms with Gasteiger partial charge < -0.3 is 9.47 Å². The van der Waals surface area contributed by atoms with Crippen molar-refractivity contribution in [3.63, 3.8) is 0 Å². The minimum Gasteiger partial charge on any atom is -0.370 e. The molecule has 0 aromatic heterocycles. The highest BCUT2D eigenvalue weighted by atomic mass is 28.3. The average molecular weight is 345 g/mol. The Labute approximate surface area is 149 Å². The molecule has 3 heteroatoms. The summed E-state index contributed by atoms with van der Waals surface area (Å²) in [5.74, 6) is 6.77. The first-order chi connectivity index (χ1) is 11.3. The Balaban J connectivity index is 2.12. The first kappa shape index (κ1) is 19.2. The number of hydrogen-bond acceptors (Lipinski definition) is 2. The predicted molar refractivity (Wildman–Crippen MR) is 105 cm³/mol. The molecule has 1 saturated carbocycles. The SMILES string of the molecule is C=C(C)C1=C[C@H]2C[C@@H](/C=C\C[Si](C)(C)C)[C@@H](OCC#CC)C2OC1. The zero-order chi connectivity index (χ0) is 17.7. The predicted octanol–water partition coefficient (Wildman–Crippen LogP) is 4.83. The lowest BCUT2D eigenvalue weighted by Gasteiger charge is -2.29. The Morgan fingerprint density at radius 1 is 1.46 bits per heavy atom. The Kier molecular flexibility index (Phi) is 6.68. The first-order valence-corrected chi connectivity index (χ1v) is 12.7. The number of rotatable bonds is 6. The molecule has 0 spiro atoms. The van der Waals surface area contributed by atoms with Gasteiger partial charge in [0.2, 0.25) is 0 Å². The quantitative estimate of drug-likeness (QED) is 0.390. The van der Waals surface area contributed by atoms with Crippen molar-refractivity contribution < 1.29 is 9.47 Å². The van der Waals surface area contributed by atoms with Gasteiger partial charge in [-0.15, -0.1) is 5.92 Å². The normalized spacial score (nSPS) is 29.8. The Bertz CT molecular complexity index is 571. The standard InChI is InChI=1S/C21H32O2Si/c1-7-8-11-22-20-17(10-9-12-24(4,5)6)13-18-14-19(16(2)3)15-23-21(18)20/h9-10,14,17-18,20-21H,2,11-13,15H2,1,3-6H3/b10-9-/t17-,18-,20-,21?/m1/s1. The molecule has 2 aliphatic rings. The van der Waals surface area contributed by atoms with Crippen molar-refractivity contribution in [1.29, 1.82) is 0 Å². The first-order valence-electron chi connectivity index (χ1n) is 8.98. The van der Waals surface area contributed by atoms with Crippen LogP contribution in [0.25, 0.3) is 0 Å². The Morgan fingerprint density at radius 2 is 2.21 bits per heavy atom. The molecule has 1 heterocycles. The van der Waals surface area contributed by atoms with Gasteiger partial charge in [0, 0.05) is 19.9 Å². The average Bonchev–Trinajstić information content (AvgIpc) is 2.83. The van der Waals surface area contributed by atoms with Gasteiger partial charge in [-0.1, -0.05) is 55.9 Å². The van der Waals surface area contributed by atoms with Crippen LogP contribution in [0.3, 0.4) is 0 Å². The topological polar surface area (TPSA) is 18.5 Å². The van der Waals surface area contributed by atoms with E-state index in [1.807, 2.05) is 6.92 Å². The summed E-state index contributed by atoms with van der Waals surface area (Å²) in [4.78, 5) is 0. The van der Waals surface area contributed by atoms with Gasteiger partial charge in [-0.3, -0.25) is 0 Å². The van der Waals surface area contributed by atoms with Crippen molar-refractivity contribution in [2.24, 2.45) is 11.8 Å². The molecule has 0 radical (unpaired) electrons. The summed E-state index contributed by atoms with van der Waals surface area (Å²) < 4.78 is 12.3. The highest BCUT2D eigenvalue weighted by Gasteiger charge is 2.44. The number of fused-ring (bicyclic) bond motifs is 1. The van der Waals surface area contributed by atoms with Crippen molar-refractivity contribution >= 4 is 8.07 Å². The third-order valence-electron chi connectivity index (χ3n) is 4.75. The molecule has 0 saturated heterocycles. The molecule has 24 heavy (non-hydrogen) atoms. The highest BCUT2D eigenvalue weighted by molar-refractivity contribution is 6.76. The summed E-state index contributed by atoms with van der Waals surface area (Å²) in [6, 6.07) is 1.22. The molecule has 0 bridgehead atoms. The molecular formula is C21H32O2Si. The van der Waals surface area contributed by atoms with E-state index in [0.29, 0.717) is 25.0 Å². The number of allylic oxidation sites excluding steroid dienone is 1. The minimum atomic E-state index is -1.05. The summed E-state index contributed by atoms with van der Waals surface area (Å²) in [6.45, 7) is 16.3. The summed E-state index contributed by atoms with van der Waals surface area (Å²) in [5, 5.41) is 0. The maximum absolute atomic E-state index is 6.17. The second-order valence-electron chi connectivity index (χ2n) is 8.21. The van der Waals surface area contributed by atoms with Crippen molar-refractivity contribution in [1.82, 2.24) is 0 Å². The summed E-state index contributed by atoms with van der Waals surface area (Å²) in [5.41, 5.74) is 2.36.